The number of fused-ring (bicyclic) bond motifs is 1. The number of halogens is 1. The molecule has 0 aromatic heterocycles. The molecular weight excluding hydrogens is 212 g/mol. The predicted octanol–water partition coefficient (Wildman–Crippen LogP) is 3.26. The highest BCUT2D eigenvalue weighted by atomic mass is 35.5. The van der Waals surface area contributed by atoms with Crippen LogP contribution in [0, 0.1) is 0 Å². The van der Waals surface area contributed by atoms with E-state index in [1.807, 2.05) is 6.07 Å². The Morgan fingerprint density at radius 1 is 1.27 bits per heavy atom. The topological polar surface area (TPSA) is 26.3 Å². The van der Waals surface area contributed by atoms with Gasteiger partial charge in [0.1, 0.15) is 5.75 Å². The number of methoxy groups -OCH3 is 1. The van der Waals surface area contributed by atoms with E-state index in [0.29, 0.717) is 17.2 Å². The maximum atomic E-state index is 11.8. The maximum absolute atomic E-state index is 11.8. The largest absolute Gasteiger partial charge is 0.495 e. The van der Waals surface area contributed by atoms with Crippen molar-refractivity contribution < 1.29 is 9.53 Å². The summed E-state index contributed by atoms with van der Waals surface area (Å²) in [7, 11) is 1.59. The van der Waals surface area contributed by atoms with Crippen LogP contribution in [0.25, 0.3) is 0 Å². The summed E-state index contributed by atoms with van der Waals surface area (Å²) in [4.78, 5) is 11.8. The number of rotatable bonds is 1. The van der Waals surface area contributed by atoms with E-state index in [2.05, 4.69) is 0 Å². The van der Waals surface area contributed by atoms with Crippen LogP contribution in [0.2, 0.25) is 5.02 Å². The fraction of sp³-hybridized carbons (Fsp3) is 0.417. The van der Waals surface area contributed by atoms with E-state index in [4.69, 9.17) is 16.3 Å². The van der Waals surface area contributed by atoms with Crippen LogP contribution in [0.3, 0.4) is 0 Å². The Hall–Kier alpha value is -1.02. The molecule has 0 amide bonds. The van der Waals surface area contributed by atoms with Crippen molar-refractivity contribution in [1.29, 1.82) is 0 Å². The molecule has 2 rings (SSSR count). The van der Waals surface area contributed by atoms with E-state index in [0.717, 1.165) is 30.4 Å². The van der Waals surface area contributed by atoms with E-state index >= 15 is 0 Å². The second-order valence-electron chi connectivity index (χ2n) is 3.77. The van der Waals surface area contributed by atoms with Gasteiger partial charge < -0.3 is 4.74 Å². The first-order valence-electron chi connectivity index (χ1n) is 5.12. The summed E-state index contributed by atoms with van der Waals surface area (Å²) in [6.45, 7) is 0. The molecule has 0 bridgehead atoms. The molecule has 1 aliphatic carbocycles. The van der Waals surface area contributed by atoms with Crippen LogP contribution >= 0.6 is 11.6 Å². The molecule has 0 N–H and O–H groups in total. The molecule has 3 heteroatoms. The molecule has 0 heterocycles. The van der Waals surface area contributed by atoms with Crippen molar-refractivity contribution in [2.75, 3.05) is 7.11 Å². The molecule has 0 aliphatic heterocycles. The number of ketones is 1. The van der Waals surface area contributed by atoms with E-state index < -0.39 is 0 Å². The van der Waals surface area contributed by atoms with Gasteiger partial charge in [-0.05, 0) is 37.0 Å². The Morgan fingerprint density at radius 3 is 2.73 bits per heavy atom. The molecule has 1 aromatic rings. The number of carbonyl (C=O) groups excluding carboxylic acids is 1. The van der Waals surface area contributed by atoms with Crippen molar-refractivity contribution in [2.24, 2.45) is 0 Å². The van der Waals surface area contributed by atoms with E-state index in [9.17, 15) is 4.79 Å². The van der Waals surface area contributed by atoms with Crippen LogP contribution in [0.15, 0.2) is 12.1 Å². The number of aryl methyl sites for hydroxylation is 1. The standard InChI is InChI=1S/C12H13ClO2/c1-15-12-6-8-4-2-3-5-11(14)9(8)7-10(12)13/h6-7H,2-5H2,1H3. The lowest BCUT2D eigenvalue weighted by molar-refractivity contribution is 0.0982. The van der Waals surface area contributed by atoms with Gasteiger partial charge in [0.2, 0.25) is 0 Å². The minimum atomic E-state index is 0.201. The Morgan fingerprint density at radius 2 is 2.00 bits per heavy atom. The lowest BCUT2D eigenvalue weighted by atomic mass is 10.0. The summed E-state index contributed by atoms with van der Waals surface area (Å²) in [6, 6.07) is 3.63. The number of Topliss-reactive ketones (excluding diaryl/α,β-unsaturated/α-hetero) is 1. The van der Waals surface area contributed by atoms with Crippen molar-refractivity contribution >= 4 is 17.4 Å². The van der Waals surface area contributed by atoms with Crippen molar-refractivity contribution in [3.63, 3.8) is 0 Å². The molecule has 2 nitrogen and oxygen atoms in total. The number of hydrogen-bond donors (Lipinski definition) is 0. The summed E-state index contributed by atoms with van der Waals surface area (Å²) in [5, 5.41) is 0.520. The second kappa shape index (κ2) is 4.23. The Bertz CT molecular complexity index is 399. The number of carbonyl (C=O) groups is 1. The van der Waals surface area contributed by atoms with E-state index in [1.54, 1.807) is 13.2 Å². The smallest absolute Gasteiger partial charge is 0.163 e. The number of hydrogen-bond acceptors (Lipinski definition) is 2. The number of ether oxygens (including phenoxy) is 1. The van der Waals surface area contributed by atoms with Crippen LogP contribution in [-0.2, 0) is 6.42 Å². The molecular formula is C12H13ClO2. The van der Waals surface area contributed by atoms with Gasteiger partial charge in [0.25, 0.3) is 0 Å². The first kappa shape index (κ1) is 10.5. The summed E-state index contributed by atoms with van der Waals surface area (Å²) in [6.07, 6.45) is 3.60. The van der Waals surface area contributed by atoms with Gasteiger partial charge in [-0.25, -0.2) is 0 Å². The summed E-state index contributed by atoms with van der Waals surface area (Å²) >= 11 is 6.00. The first-order chi connectivity index (χ1) is 7.22. The molecule has 0 unspecified atom stereocenters. The van der Waals surface area contributed by atoms with Crippen molar-refractivity contribution in [2.45, 2.75) is 25.7 Å². The highest BCUT2D eigenvalue weighted by molar-refractivity contribution is 6.32. The Labute approximate surface area is 94.2 Å². The highest BCUT2D eigenvalue weighted by Crippen LogP contribution is 2.31. The van der Waals surface area contributed by atoms with Crippen LogP contribution in [-0.4, -0.2) is 12.9 Å². The van der Waals surface area contributed by atoms with Crippen molar-refractivity contribution in [3.05, 3.63) is 28.3 Å². The first-order valence-corrected chi connectivity index (χ1v) is 5.50. The monoisotopic (exact) mass is 224 g/mol. The fourth-order valence-corrected chi connectivity index (χ4v) is 2.19. The van der Waals surface area contributed by atoms with Crippen LogP contribution in [0.4, 0.5) is 0 Å². The average molecular weight is 225 g/mol. The fourth-order valence-electron chi connectivity index (χ4n) is 1.95. The lowest BCUT2D eigenvalue weighted by Gasteiger charge is -2.09. The third kappa shape index (κ3) is 2.00. The lowest BCUT2D eigenvalue weighted by Crippen LogP contribution is -2.01. The molecule has 0 radical (unpaired) electrons. The normalized spacial score (nSPS) is 15.7. The van der Waals surface area contributed by atoms with Crippen molar-refractivity contribution in [1.82, 2.24) is 0 Å². The van der Waals surface area contributed by atoms with Gasteiger partial charge in [-0.15, -0.1) is 0 Å². The third-order valence-electron chi connectivity index (χ3n) is 2.78. The van der Waals surface area contributed by atoms with Gasteiger partial charge in [0.05, 0.1) is 12.1 Å². The second-order valence-corrected chi connectivity index (χ2v) is 4.18. The average Bonchev–Trinajstić information content (AvgIpc) is 2.40. The molecule has 80 valence electrons. The van der Waals surface area contributed by atoms with Gasteiger partial charge in [0.15, 0.2) is 5.78 Å². The quantitative estimate of drug-likeness (QED) is 0.685. The zero-order chi connectivity index (χ0) is 10.8. The van der Waals surface area contributed by atoms with Gasteiger partial charge in [-0.1, -0.05) is 11.6 Å². The predicted molar refractivity (Wildman–Crippen MR) is 59.9 cm³/mol. The van der Waals surface area contributed by atoms with Crippen LogP contribution < -0.4 is 4.74 Å². The zero-order valence-corrected chi connectivity index (χ0v) is 9.43. The molecule has 15 heavy (non-hydrogen) atoms. The zero-order valence-electron chi connectivity index (χ0n) is 8.68. The van der Waals surface area contributed by atoms with Crippen LogP contribution in [0.1, 0.15) is 35.2 Å². The van der Waals surface area contributed by atoms with Gasteiger partial charge in [-0.3, -0.25) is 4.79 Å². The molecule has 0 spiro atoms. The molecule has 1 aliphatic rings. The molecule has 0 atom stereocenters. The Balaban J connectivity index is 2.51. The third-order valence-corrected chi connectivity index (χ3v) is 3.07. The van der Waals surface area contributed by atoms with Gasteiger partial charge >= 0.3 is 0 Å². The summed E-state index contributed by atoms with van der Waals surface area (Å²) in [5.74, 6) is 0.858. The number of benzene rings is 1. The van der Waals surface area contributed by atoms with Crippen molar-refractivity contribution in [3.8, 4) is 5.75 Å². The molecule has 0 saturated carbocycles. The highest BCUT2D eigenvalue weighted by Gasteiger charge is 2.17. The van der Waals surface area contributed by atoms with Gasteiger partial charge in [-0.2, -0.15) is 0 Å². The van der Waals surface area contributed by atoms with Crippen LogP contribution in [0.5, 0.6) is 5.75 Å². The molecule has 0 fully saturated rings. The Kier molecular flexibility index (Phi) is 2.96. The summed E-state index contributed by atoms with van der Waals surface area (Å²) < 4.78 is 5.14. The van der Waals surface area contributed by atoms with E-state index in [-0.39, 0.29) is 5.78 Å². The molecule has 1 aromatic carbocycles. The maximum Gasteiger partial charge on any atom is 0.163 e. The minimum Gasteiger partial charge on any atom is -0.495 e. The van der Waals surface area contributed by atoms with E-state index in [1.165, 1.54) is 0 Å². The molecule has 0 saturated heterocycles. The summed E-state index contributed by atoms with van der Waals surface area (Å²) in [5.41, 5.74) is 1.84. The SMILES string of the molecule is COc1cc2c(cc1Cl)C(=O)CCCC2. The van der Waals surface area contributed by atoms with Gasteiger partial charge in [0, 0.05) is 12.0 Å². The minimum absolute atomic E-state index is 0.201.